The summed E-state index contributed by atoms with van der Waals surface area (Å²) in [5.41, 5.74) is 2.31. The summed E-state index contributed by atoms with van der Waals surface area (Å²) in [7, 11) is -2.34. The number of benzene rings is 2. The van der Waals surface area contributed by atoms with Crippen molar-refractivity contribution in [3.63, 3.8) is 0 Å². The first-order chi connectivity index (χ1) is 12.9. The van der Waals surface area contributed by atoms with Gasteiger partial charge in [-0.15, -0.1) is 0 Å². The van der Waals surface area contributed by atoms with Crippen LogP contribution in [0.1, 0.15) is 18.1 Å². The average Bonchev–Trinajstić information content (AvgIpc) is 2.66. The normalized spacial score (nSPS) is 16.6. The van der Waals surface area contributed by atoms with Crippen LogP contribution in [-0.4, -0.2) is 21.6 Å². The van der Waals surface area contributed by atoms with E-state index in [1.54, 1.807) is 32.2 Å². The molecule has 0 amide bonds. The molecule has 2 aromatic rings. The predicted molar refractivity (Wildman–Crippen MR) is 103 cm³/mol. The molecule has 0 aliphatic carbocycles. The number of para-hydroxylation sites is 1. The van der Waals surface area contributed by atoms with Crippen molar-refractivity contribution in [2.45, 2.75) is 24.8 Å². The highest BCUT2D eigenvalue weighted by molar-refractivity contribution is 7.95. The van der Waals surface area contributed by atoms with E-state index in [9.17, 15) is 13.7 Å². The fourth-order valence-corrected chi connectivity index (χ4v) is 3.96. The highest BCUT2D eigenvalue weighted by Gasteiger charge is 2.25. The number of fused-ring (bicyclic) bond motifs is 1. The largest absolute Gasteiger partial charge is 0.493 e. The van der Waals surface area contributed by atoms with Crippen LogP contribution in [0, 0.1) is 18.3 Å². The van der Waals surface area contributed by atoms with Crippen LogP contribution in [0.2, 0.25) is 0 Å². The fourth-order valence-electron chi connectivity index (χ4n) is 2.80. The molecule has 0 aromatic heterocycles. The van der Waals surface area contributed by atoms with Crippen LogP contribution in [-0.2, 0) is 9.84 Å². The Hall–Kier alpha value is -3.04. The molecule has 0 fully saturated rings. The van der Waals surface area contributed by atoms with Crippen LogP contribution >= 0.6 is 0 Å². The van der Waals surface area contributed by atoms with Crippen LogP contribution in [0.4, 0.5) is 0 Å². The van der Waals surface area contributed by atoms with Gasteiger partial charge in [-0.1, -0.05) is 29.8 Å². The summed E-state index contributed by atoms with van der Waals surface area (Å²) >= 11 is 0. The van der Waals surface area contributed by atoms with E-state index in [0.29, 0.717) is 17.1 Å². The number of nitrogens with zero attached hydrogens (tertiary/aromatic N) is 1. The Morgan fingerprint density at radius 1 is 1.22 bits per heavy atom. The van der Waals surface area contributed by atoms with Crippen LogP contribution in [0.15, 0.2) is 63.9 Å². The Morgan fingerprint density at radius 2 is 1.93 bits per heavy atom. The number of nitriles is 1. The van der Waals surface area contributed by atoms with Gasteiger partial charge in [0.1, 0.15) is 17.1 Å². The van der Waals surface area contributed by atoms with Crippen molar-refractivity contribution >= 4 is 15.9 Å². The molecule has 138 valence electrons. The fraction of sp³-hybridized carbons (Fsp3) is 0.190. The van der Waals surface area contributed by atoms with Crippen LogP contribution < -0.4 is 9.47 Å². The van der Waals surface area contributed by atoms with Gasteiger partial charge in [0, 0.05) is 5.56 Å². The Bertz CT molecular complexity index is 1070. The first kappa shape index (κ1) is 18.7. The molecule has 0 radical (unpaired) electrons. The molecule has 1 unspecified atom stereocenters. The second-order valence-electron chi connectivity index (χ2n) is 6.22. The zero-order valence-corrected chi connectivity index (χ0v) is 16.1. The molecule has 27 heavy (non-hydrogen) atoms. The van der Waals surface area contributed by atoms with Gasteiger partial charge in [-0.3, -0.25) is 0 Å². The summed E-state index contributed by atoms with van der Waals surface area (Å²) in [4.78, 5) is -0.229. The van der Waals surface area contributed by atoms with E-state index < -0.39 is 15.9 Å². The van der Waals surface area contributed by atoms with E-state index in [4.69, 9.17) is 9.47 Å². The number of ether oxygens (including phenoxy) is 2. The first-order valence-corrected chi connectivity index (χ1v) is 9.84. The molecule has 0 saturated carbocycles. The van der Waals surface area contributed by atoms with Crippen molar-refractivity contribution in [1.29, 1.82) is 5.26 Å². The Labute approximate surface area is 159 Å². The Morgan fingerprint density at radius 3 is 2.56 bits per heavy atom. The summed E-state index contributed by atoms with van der Waals surface area (Å²) in [6, 6.07) is 13.7. The van der Waals surface area contributed by atoms with Gasteiger partial charge >= 0.3 is 0 Å². The minimum absolute atomic E-state index is 0.0907. The molecular formula is C21H19NO4S. The molecule has 1 aliphatic rings. The van der Waals surface area contributed by atoms with E-state index in [0.717, 1.165) is 11.1 Å². The van der Waals surface area contributed by atoms with E-state index in [1.807, 2.05) is 31.2 Å². The van der Waals surface area contributed by atoms with Gasteiger partial charge in [0.2, 0.25) is 9.84 Å². The van der Waals surface area contributed by atoms with Gasteiger partial charge in [-0.25, -0.2) is 8.42 Å². The van der Waals surface area contributed by atoms with Crippen LogP contribution in [0.5, 0.6) is 11.5 Å². The van der Waals surface area contributed by atoms with Gasteiger partial charge in [0.25, 0.3) is 0 Å². The summed E-state index contributed by atoms with van der Waals surface area (Å²) in [6.07, 6.45) is 2.77. The molecule has 6 heteroatoms. The van der Waals surface area contributed by atoms with E-state index in [2.05, 4.69) is 0 Å². The van der Waals surface area contributed by atoms with Crippen molar-refractivity contribution in [2.24, 2.45) is 0 Å². The number of allylic oxidation sites excluding steroid dienone is 1. The third kappa shape index (κ3) is 3.60. The standard InChI is InChI=1S/C21H19NO4S/c1-14-7-9-18(10-8-14)27(23,24)19(13-22)12-17-11-16-5-4-6-20(25-3)21(16)26-15(17)2/h4-12,15H,1-3H3/b19-12-. The lowest BCUT2D eigenvalue weighted by molar-refractivity contribution is 0.243. The Balaban J connectivity index is 2.06. The van der Waals surface area contributed by atoms with Crippen molar-refractivity contribution in [2.75, 3.05) is 7.11 Å². The maximum Gasteiger partial charge on any atom is 0.216 e. The molecular weight excluding hydrogens is 362 g/mol. The highest BCUT2D eigenvalue weighted by atomic mass is 32.2. The van der Waals surface area contributed by atoms with Gasteiger partial charge < -0.3 is 9.47 Å². The predicted octanol–water partition coefficient (Wildman–Crippen LogP) is 4.05. The maximum atomic E-state index is 12.8. The third-order valence-corrected chi connectivity index (χ3v) is 6.03. The molecule has 0 spiro atoms. The summed E-state index contributed by atoms with van der Waals surface area (Å²) in [6.45, 7) is 3.67. The number of aryl methyl sites for hydroxylation is 1. The van der Waals surface area contributed by atoms with Gasteiger partial charge in [0.05, 0.1) is 12.0 Å². The molecule has 0 saturated heterocycles. The Kier molecular flexibility index (Phi) is 5.06. The molecule has 1 heterocycles. The molecule has 1 aliphatic heterocycles. The van der Waals surface area contributed by atoms with E-state index in [1.165, 1.54) is 18.2 Å². The van der Waals surface area contributed by atoms with Crippen LogP contribution in [0.3, 0.4) is 0 Å². The van der Waals surface area contributed by atoms with Gasteiger partial charge in [-0.2, -0.15) is 5.26 Å². The van der Waals surface area contributed by atoms with Crippen LogP contribution in [0.25, 0.3) is 6.08 Å². The minimum Gasteiger partial charge on any atom is -0.493 e. The van der Waals surface area contributed by atoms with E-state index in [-0.39, 0.29) is 9.80 Å². The molecule has 0 N–H and O–H groups in total. The monoisotopic (exact) mass is 381 g/mol. The average molecular weight is 381 g/mol. The second-order valence-corrected chi connectivity index (χ2v) is 8.14. The molecule has 5 nitrogen and oxygen atoms in total. The SMILES string of the molecule is COc1cccc2c1OC(C)C(/C=C(/C#N)S(=O)(=O)c1ccc(C)cc1)=C2. The van der Waals surface area contributed by atoms with Crippen molar-refractivity contribution < 1.29 is 17.9 Å². The number of methoxy groups -OCH3 is 1. The van der Waals surface area contributed by atoms with E-state index >= 15 is 0 Å². The molecule has 0 bridgehead atoms. The van der Waals surface area contributed by atoms with Crippen molar-refractivity contribution in [1.82, 2.24) is 0 Å². The summed E-state index contributed by atoms with van der Waals surface area (Å²) in [5, 5.41) is 9.49. The number of hydrogen-bond donors (Lipinski definition) is 0. The number of sulfone groups is 1. The lowest BCUT2D eigenvalue weighted by Gasteiger charge is -2.24. The topological polar surface area (TPSA) is 76.4 Å². The molecule has 2 aromatic carbocycles. The number of hydrogen-bond acceptors (Lipinski definition) is 5. The summed E-state index contributed by atoms with van der Waals surface area (Å²) < 4.78 is 36.9. The van der Waals surface area contributed by atoms with Gasteiger partial charge in [0.15, 0.2) is 11.5 Å². The second kappa shape index (κ2) is 7.29. The zero-order chi connectivity index (χ0) is 19.6. The number of rotatable bonds is 4. The highest BCUT2D eigenvalue weighted by Crippen LogP contribution is 2.38. The van der Waals surface area contributed by atoms with Gasteiger partial charge in [-0.05, 0) is 49.8 Å². The smallest absolute Gasteiger partial charge is 0.216 e. The third-order valence-electron chi connectivity index (χ3n) is 4.34. The quantitative estimate of drug-likeness (QED) is 0.747. The van der Waals surface area contributed by atoms with Crippen molar-refractivity contribution in [3.05, 3.63) is 70.1 Å². The molecule has 1 atom stereocenters. The lowest BCUT2D eigenvalue weighted by atomic mass is 10.0. The minimum atomic E-state index is -3.90. The summed E-state index contributed by atoms with van der Waals surface area (Å²) in [5.74, 6) is 1.20. The first-order valence-electron chi connectivity index (χ1n) is 8.35. The zero-order valence-electron chi connectivity index (χ0n) is 15.3. The lowest BCUT2D eigenvalue weighted by Crippen LogP contribution is -2.19. The van der Waals surface area contributed by atoms with Crippen molar-refractivity contribution in [3.8, 4) is 17.6 Å². The maximum absolute atomic E-state index is 12.8. The molecule has 3 rings (SSSR count).